The second kappa shape index (κ2) is 9.43. The number of para-hydroxylation sites is 2. The molecule has 0 spiro atoms. The zero-order chi connectivity index (χ0) is 25.4. The Balaban J connectivity index is 1.72. The Hall–Kier alpha value is -4.23. The van der Waals surface area contributed by atoms with Gasteiger partial charge in [0.15, 0.2) is 0 Å². The number of hydrogen-bond donors (Lipinski definition) is 2. The number of carbonyl (C=O) groups excluding carboxylic acids is 2. The summed E-state index contributed by atoms with van der Waals surface area (Å²) in [4.78, 5) is 31.5. The van der Waals surface area contributed by atoms with Crippen LogP contribution in [0.15, 0.2) is 78.5 Å². The summed E-state index contributed by atoms with van der Waals surface area (Å²) in [5.74, 6) is -0.849. The molecule has 1 fully saturated rings. The van der Waals surface area contributed by atoms with Crippen LogP contribution in [-0.2, 0) is 16.1 Å². The van der Waals surface area contributed by atoms with Crippen molar-refractivity contribution < 1.29 is 24.2 Å². The van der Waals surface area contributed by atoms with E-state index in [0.717, 1.165) is 16.5 Å². The second-order valence-corrected chi connectivity index (χ2v) is 8.78. The number of halogens is 1. The van der Waals surface area contributed by atoms with Crippen LogP contribution in [0.1, 0.15) is 22.7 Å². The van der Waals surface area contributed by atoms with E-state index in [2.05, 4.69) is 4.98 Å². The number of aromatic nitrogens is 1. The molecule has 36 heavy (non-hydrogen) atoms. The lowest BCUT2D eigenvalue weighted by Crippen LogP contribution is -2.29. The van der Waals surface area contributed by atoms with Crippen molar-refractivity contribution in [2.45, 2.75) is 12.6 Å². The summed E-state index contributed by atoms with van der Waals surface area (Å²) in [6, 6.07) is 18.8. The van der Waals surface area contributed by atoms with Gasteiger partial charge >= 0.3 is 0 Å². The molecule has 8 heteroatoms. The number of Topliss-reactive ketones (excluding diaryl/α,β-unsaturated/α-hetero) is 1. The van der Waals surface area contributed by atoms with Gasteiger partial charge in [-0.05, 0) is 30.3 Å². The van der Waals surface area contributed by atoms with Crippen molar-refractivity contribution >= 4 is 40.0 Å². The second-order valence-electron chi connectivity index (χ2n) is 8.38. The highest BCUT2D eigenvalue weighted by Gasteiger charge is 2.47. The van der Waals surface area contributed by atoms with E-state index in [9.17, 15) is 14.7 Å². The minimum atomic E-state index is -0.840. The summed E-state index contributed by atoms with van der Waals surface area (Å²) in [5, 5.41) is 12.6. The average Bonchev–Trinajstić information content (AvgIpc) is 3.43. The van der Waals surface area contributed by atoms with E-state index in [1.807, 2.05) is 42.5 Å². The number of hydrogen-bond acceptors (Lipinski definition) is 5. The zero-order valence-corrected chi connectivity index (χ0v) is 20.4. The number of amides is 1. The van der Waals surface area contributed by atoms with Gasteiger partial charge in [-0.3, -0.25) is 9.59 Å². The molecule has 2 heterocycles. The number of ether oxygens (including phenoxy) is 2. The van der Waals surface area contributed by atoms with Crippen LogP contribution in [0.2, 0.25) is 5.02 Å². The largest absolute Gasteiger partial charge is 0.507 e. The third-order valence-electron chi connectivity index (χ3n) is 6.41. The number of methoxy groups -OCH3 is 2. The summed E-state index contributed by atoms with van der Waals surface area (Å²) < 4.78 is 10.8. The number of likely N-dealkylation sites (tertiary alicyclic amines) is 1. The van der Waals surface area contributed by atoms with Gasteiger partial charge in [-0.2, -0.15) is 0 Å². The molecule has 4 aromatic rings. The number of H-pyrrole nitrogens is 1. The summed E-state index contributed by atoms with van der Waals surface area (Å²) in [5.41, 5.74) is 2.59. The summed E-state index contributed by atoms with van der Waals surface area (Å²) >= 11 is 6.16. The Labute approximate surface area is 212 Å². The maximum Gasteiger partial charge on any atom is 0.295 e. The maximum atomic E-state index is 13.4. The van der Waals surface area contributed by atoms with Gasteiger partial charge in [0.05, 0.1) is 37.4 Å². The lowest BCUT2D eigenvalue weighted by molar-refractivity contribution is -0.140. The van der Waals surface area contributed by atoms with E-state index in [1.54, 1.807) is 31.5 Å². The number of carbonyl (C=O) groups is 2. The molecule has 1 aliphatic rings. The summed E-state index contributed by atoms with van der Waals surface area (Å²) in [6.45, 7) is 0.111. The van der Waals surface area contributed by atoms with Gasteiger partial charge in [0.1, 0.15) is 17.3 Å². The summed E-state index contributed by atoms with van der Waals surface area (Å²) in [7, 11) is 3.02. The molecule has 182 valence electrons. The van der Waals surface area contributed by atoms with Crippen LogP contribution < -0.4 is 9.47 Å². The van der Waals surface area contributed by atoms with Crippen LogP contribution in [0, 0.1) is 0 Å². The Morgan fingerprint density at radius 3 is 2.50 bits per heavy atom. The van der Waals surface area contributed by atoms with E-state index in [1.165, 1.54) is 18.1 Å². The Kier molecular flexibility index (Phi) is 6.16. The van der Waals surface area contributed by atoms with Gasteiger partial charge in [0, 0.05) is 33.8 Å². The summed E-state index contributed by atoms with van der Waals surface area (Å²) in [6.07, 6.45) is 1.77. The first-order chi connectivity index (χ1) is 17.4. The average molecular weight is 503 g/mol. The van der Waals surface area contributed by atoms with Crippen molar-refractivity contribution in [2.24, 2.45) is 0 Å². The van der Waals surface area contributed by atoms with Gasteiger partial charge in [0.25, 0.3) is 11.7 Å². The molecule has 2 N–H and O–H groups in total. The molecule has 0 aliphatic carbocycles. The molecule has 1 atom stereocenters. The highest BCUT2D eigenvalue weighted by atomic mass is 35.5. The van der Waals surface area contributed by atoms with E-state index < -0.39 is 17.7 Å². The number of fused-ring (bicyclic) bond motifs is 1. The standard InChI is InChI=1S/C28H23ClN2O5/c1-35-22-10-6-3-7-17(22)15-31-25(19-14-30-21-9-5-4-8-18(19)21)24(27(33)28(31)34)26(32)16-11-12-20(29)23(13-16)36-2/h3-14,25,30,32H,15H2,1-2H3/b26-24+. The molecule has 5 rings (SSSR count). The quantitative estimate of drug-likeness (QED) is 0.207. The van der Waals surface area contributed by atoms with Crippen LogP contribution in [-0.4, -0.2) is 40.9 Å². The third-order valence-corrected chi connectivity index (χ3v) is 6.73. The number of nitrogens with zero attached hydrogens (tertiary/aromatic N) is 1. The van der Waals surface area contributed by atoms with Crippen LogP contribution in [0.3, 0.4) is 0 Å². The van der Waals surface area contributed by atoms with Crippen molar-refractivity contribution in [3.8, 4) is 11.5 Å². The smallest absolute Gasteiger partial charge is 0.295 e. The molecule has 0 bridgehead atoms. The number of rotatable bonds is 6. The topological polar surface area (TPSA) is 91.9 Å². The number of aliphatic hydroxyl groups is 1. The van der Waals surface area contributed by atoms with E-state index in [0.29, 0.717) is 27.6 Å². The van der Waals surface area contributed by atoms with Gasteiger partial charge in [-0.15, -0.1) is 0 Å². The molecule has 0 radical (unpaired) electrons. The normalized spacial score (nSPS) is 17.1. The van der Waals surface area contributed by atoms with Crippen molar-refractivity contribution in [3.63, 3.8) is 0 Å². The van der Waals surface area contributed by atoms with Crippen LogP contribution in [0.4, 0.5) is 0 Å². The third kappa shape index (κ3) is 3.87. The van der Waals surface area contributed by atoms with Crippen molar-refractivity contribution in [1.82, 2.24) is 9.88 Å². The monoisotopic (exact) mass is 502 g/mol. The fourth-order valence-corrected chi connectivity index (χ4v) is 4.86. The highest BCUT2D eigenvalue weighted by molar-refractivity contribution is 6.46. The minimum absolute atomic E-state index is 0.0102. The van der Waals surface area contributed by atoms with E-state index in [-0.39, 0.29) is 17.9 Å². The van der Waals surface area contributed by atoms with E-state index in [4.69, 9.17) is 21.1 Å². The van der Waals surface area contributed by atoms with Crippen LogP contribution >= 0.6 is 11.6 Å². The highest BCUT2D eigenvalue weighted by Crippen LogP contribution is 2.43. The maximum absolute atomic E-state index is 13.4. The SMILES string of the molecule is COc1cc(/C(O)=C2\C(=O)C(=O)N(Cc3ccccc3OC)C2c2c[nH]c3ccccc23)ccc1Cl. The van der Waals surface area contributed by atoms with Gasteiger partial charge < -0.3 is 24.5 Å². The van der Waals surface area contributed by atoms with Crippen molar-refractivity contribution in [3.05, 3.63) is 100 Å². The lowest BCUT2D eigenvalue weighted by atomic mass is 9.94. The molecule has 3 aromatic carbocycles. The minimum Gasteiger partial charge on any atom is -0.507 e. The Morgan fingerprint density at radius 1 is 1.00 bits per heavy atom. The molecule has 1 unspecified atom stereocenters. The molecule has 1 aliphatic heterocycles. The molecule has 1 amide bonds. The van der Waals surface area contributed by atoms with E-state index >= 15 is 0 Å². The Morgan fingerprint density at radius 2 is 1.72 bits per heavy atom. The van der Waals surface area contributed by atoms with Gasteiger partial charge in [-0.25, -0.2) is 0 Å². The Bertz CT molecular complexity index is 1520. The fourth-order valence-electron chi connectivity index (χ4n) is 4.67. The zero-order valence-electron chi connectivity index (χ0n) is 19.6. The van der Waals surface area contributed by atoms with Crippen molar-refractivity contribution in [2.75, 3.05) is 14.2 Å². The number of aliphatic hydroxyl groups excluding tert-OH is 1. The predicted octanol–water partition coefficient (Wildman–Crippen LogP) is 5.46. The van der Waals surface area contributed by atoms with Crippen molar-refractivity contribution in [1.29, 1.82) is 0 Å². The molecular formula is C28H23ClN2O5. The number of benzene rings is 3. The number of ketones is 1. The molecule has 7 nitrogen and oxygen atoms in total. The van der Waals surface area contributed by atoms with Crippen LogP contribution in [0.25, 0.3) is 16.7 Å². The van der Waals surface area contributed by atoms with Gasteiger partial charge in [-0.1, -0.05) is 48.0 Å². The molecule has 1 saturated heterocycles. The fraction of sp³-hybridized carbons (Fsp3) is 0.143. The van der Waals surface area contributed by atoms with Gasteiger partial charge in [0.2, 0.25) is 0 Å². The number of nitrogens with one attached hydrogen (secondary N) is 1. The lowest BCUT2D eigenvalue weighted by Gasteiger charge is -2.25. The van der Waals surface area contributed by atoms with Crippen LogP contribution in [0.5, 0.6) is 11.5 Å². The number of aromatic amines is 1. The molecular weight excluding hydrogens is 480 g/mol. The predicted molar refractivity (Wildman–Crippen MR) is 137 cm³/mol. The first kappa shape index (κ1) is 23.5. The first-order valence-corrected chi connectivity index (χ1v) is 11.6. The molecule has 1 aromatic heterocycles. The molecule has 0 saturated carbocycles. The first-order valence-electron chi connectivity index (χ1n) is 11.2.